The minimum absolute atomic E-state index is 0.172. The van der Waals surface area contributed by atoms with Gasteiger partial charge in [-0.15, -0.1) is 11.3 Å². The van der Waals surface area contributed by atoms with Gasteiger partial charge in [0.25, 0.3) is 0 Å². The van der Waals surface area contributed by atoms with Crippen LogP contribution in [0.2, 0.25) is 0 Å². The largest absolute Gasteiger partial charge is 0.462 e. The molecule has 0 saturated carbocycles. The van der Waals surface area contributed by atoms with Crippen LogP contribution in [0.3, 0.4) is 0 Å². The fourth-order valence-electron chi connectivity index (χ4n) is 2.37. The van der Waals surface area contributed by atoms with E-state index in [2.05, 4.69) is 5.32 Å². The molecular weight excluding hydrogens is 376 g/mol. The Morgan fingerprint density at radius 1 is 1.24 bits per heavy atom. The van der Waals surface area contributed by atoms with Gasteiger partial charge in [-0.2, -0.15) is 0 Å². The fourth-order valence-corrected chi connectivity index (χ4v) is 4.73. The topological polar surface area (TPSA) is 58.6 Å². The Bertz CT molecular complexity index is 625. The van der Waals surface area contributed by atoms with Crippen molar-refractivity contribution in [1.29, 1.82) is 0 Å². The third-order valence-corrected chi connectivity index (χ3v) is 6.23. The van der Waals surface area contributed by atoms with E-state index in [0.29, 0.717) is 27.9 Å². The maximum atomic E-state index is 12.3. The molecular formula is C17H26N2O3S3. The van der Waals surface area contributed by atoms with Crippen LogP contribution in [-0.4, -0.2) is 46.5 Å². The first-order valence-electron chi connectivity index (χ1n) is 8.40. The van der Waals surface area contributed by atoms with E-state index in [4.69, 9.17) is 17.0 Å². The smallest absolute Gasteiger partial charge is 0.341 e. The SMILES string of the molecule is CCOC(=O)c1c(NC(=O)CSC(=S)N(CC)CC)sc(C)c1CC. The van der Waals surface area contributed by atoms with Crippen molar-refractivity contribution in [3.8, 4) is 0 Å². The minimum atomic E-state index is -0.384. The van der Waals surface area contributed by atoms with E-state index in [1.54, 1.807) is 6.92 Å². The van der Waals surface area contributed by atoms with E-state index in [1.165, 1.54) is 23.1 Å². The third kappa shape index (κ3) is 5.97. The first-order chi connectivity index (χ1) is 11.9. The first-order valence-corrected chi connectivity index (χ1v) is 10.6. The molecule has 0 atom stereocenters. The molecule has 1 rings (SSSR count). The Morgan fingerprint density at radius 3 is 2.40 bits per heavy atom. The van der Waals surface area contributed by atoms with Crippen LogP contribution in [0.25, 0.3) is 0 Å². The number of thioether (sulfide) groups is 1. The second-order valence-corrected chi connectivity index (χ2v) is 8.02. The van der Waals surface area contributed by atoms with E-state index in [0.717, 1.165) is 23.5 Å². The number of nitrogens with one attached hydrogen (secondary N) is 1. The van der Waals surface area contributed by atoms with Crippen molar-refractivity contribution in [1.82, 2.24) is 4.90 Å². The molecule has 0 bridgehead atoms. The Hall–Kier alpha value is -1.12. The number of ether oxygens (including phenoxy) is 1. The zero-order valence-electron chi connectivity index (χ0n) is 15.4. The summed E-state index contributed by atoms with van der Waals surface area (Å²) in [6.45, 7) is 11.7. The molecule has 1 N–H and O–H groups in total. The Balaban J connectivity index is 2.83. The summed E-state index contributed by atoms with van der Waals surface area (Å²) in [7, 11) is 0. The van der Waals surface area contributed by atoms with Crippen LogP contribution in [0.1, 0.15) is 48.5 Å². The summed E-state index contributed by atoms with van der Waals surface area (Å²) in [4.78, 5) is 27.6. The molecule has 0 unspecified atom stereocenters. The number of hydrogen-bond donors (Lipinski definition) is 1. The number of hydrogen-bond acceptors (Lipinski definition) is 6. The van der Waals surface area contributed by atoms with Gasteiger partial charge < -0.3 is 15.0 Å². The standard InChI is InChI=1S/C17H26N2O3S3/c1-6-12-11(5)25-15(14(12)16(21)22-9-4)18-13(20)10-24-17(23)19(7-2)8-3/h6-10H2,1-5H3,(H,18,20). The highest BCUT2D eigenvalue weighted by atomic mass is 32.2. The van der Waals surface area contributed by atoms with Crippen LogP contribution in [0.4, 0.5) is 5.00 Å². The number of anilines is 1. The third-order valence-electron chi connectivity index (χ3n) is 3.64. The van der Waals surface area contributed by atoms with Crippen molar-refractivity contribution in [3.05, 3.63) is 16.0 Å². The quantitative estimate of drug-likeness (QED) is 0.522. The lowest BCUT2D eigenvalue weighted by atomic mass is 10.1. The average molecular weight is 403 g/mol. The lowest BCUT2D eigenvalue weighted by Crippen LogP contribution is -2.28. The summed E-state index contributed by atoms with van der Waals surface area (Å²) in [6, 6.07) is 0. The predicted octanol–water partition coefficient (Wildman–Crippen LogP) is 4.09. The number of nitrogens with zero attached hydrogens (tertiary/aromatic N) is 1. The molecule has 8 heteroatoms. The van der Waals surface area contributed by atoms with Gasteiger partial charge in [-0.25, -0.2) is 4.79 Å². The van der Waals surface area contributed by atoms with Crippen molar-refractivity contribution in [3.63, 3.8) is 0 Å². The molecule has 0 aliphatic rings. The highest BCUT2D eigenvalue weighted by Gasteiger charge is 2.23. The molecule has 0 radical (unpaired) electrons. The lowest BCUT2D eigenvalue weighted by molar-refractivity contribution is -0.113. The van der Waals surface area contributed by atoms with Gasteiger partial charge in [0.15, 0.2) is 0 Å². The van der Waals surface area contributed by atoms with E-state index >= 15 is 0 Å². The Morgan fingerprint density at radius 2 is 1.88 bits per heavy atom. The molecule has 1 aromatic rings. The number of thiocarbonyl (C=S) groups is 1. The summed E-state index contributed by atoms with van der Waals surface area (Å²) in [5.74, 6) is -0.338. The first kappa shape index (κ1) is 21.9. The molecule has 0 fully saturated rings. The predicted molar refractivity (Wildman–Crippen MR) is 111 cm³/mol. The Kier molecular flexibility index (Phi) is 9.45. The van der Waals surface area contributed by atoms with Gasteiger partial charge in [0.05, 0.1) is 17.9 Å². The number of aryl methyl sites for hydroxylation is 1. The van der Waals surface area contributed by atoms with Gasteiger partial charge in [0.1, 0.15) is 9.32 Å². The lowest BCUT2D eigenvalue weighted by Gasteiger charge is -2.20. The molecule has 1 aromatic heterocycles. The zero-order valence-corrected chi connectivity index (χ0v) is 17.9. The zero-order chi connectivity index (χ0) is 19.0. The van der Waals surface area contributed by atoms with E-state index in [1.807, 2.05) is 32.6 Å². The number of rotatable bonds is 8. The molecule has 5 nitrogen and oxygen atoms in total. The van der Waals surface area contributed by atoms with Gasteiger partial charge >= 0.3 is 5.97 Å². The van der Waals surface area contributed by atoms with Crippen LogP contribution in [-0.2, 0) is 16.0 Å². The second-order valence-electron chi connectivity index (χ2n) is 5.19. The second kappa shape index (κ2) is 10.8. The maximum absolute atomic E-state index is 12.3. The van der Waals surface area contributed by atoms with Crippen molar-refractivity contribution in [2.75, 3.05) is 30.8 Å². The number of thiophene rings is 1. The van der Waals surface area contributed by atoms with Crippen LogP contribution in [0.5, 0.6) is 0 Å². The minimum Gasteiger partial charge on any atom is -0.462 e. The molecule has 1 heterocycles. The molecule has 0 saturated heterocycles. The normalized spacial score (nSPS) is 10.4. The van der Waals surface area contributed by atoms with Crippen molar-refractivity contribution in [2.45, 2.75) is 41.0 Å². The summed E-state index contributed by atoms with van der Waals surface area (Å²) in [6.07, 6.45) is 0.715. The van der Waals surface area contributed by atoms with Crippen LogP contribution in [0, 0.1) is 6.92 Å². The maximum Gasteiger partial charge on any atom is 0.341 e. The molecule has 1 amide bonds. The Labute approximate surface area is 163 Å². The highest BCUT2D eigenvalue weighted by molar-refractivity contribution is 8.23. The van der Waals surface area contributed by atoms with Crippen molar-refractivity contribution in [2.24, 2.45) is 0 Å². The fraction of sp³-hybridized carbons (Fsp3) is 0.588. The number of carbonyl (C=O) groups excluding carboxylic acids is 2. The summed E-state index contributed by atoms with van der Waals surface area (Å²) < 4.78 is 5.86. The van der Waals surface area contributed by atoms with E-state index in [9.17, 15) is 9.59 Å². The van der Waals surface area contributed by atoms with Crippen LogP contribution >= 0.6 is 35.3 Å². The number of carbonyl (C=O) groups is 2. The van der Waals surface area contributed by atoms with Gasteiger partial charge in [0.2, 0.25) is 5.91 Å². The molecule has 0 spiro atoms. The molecule has 0 aliphatic carbocycles. The van der Waals surface area contributed by atoms with Crippen LogP contribution < -0.4 is 5.32 Å². The van der Waals surface area contributed by atoms with E-state index < -0.39 is 0 Å². The molecule has 0 aliphatic heterocycles. The van der Waals surface area contributed by atoms with Gasteiger partial charge in [-0.1, -0.05) is 30.9 Å². The summed E-state index contributed by atoms with van der Waals surface area (Å²) >= 11 is 8.09. The molecule has 25 heavy (non-hydrogen) atoms. The number of esters is 1. The molecule has 0 aromatic carbocycles. The highest BCUT2D eigenvalue weighted by Crippen LogP contribution is 2.34. The van der Waals surface area contributed by atoms with Crippen molar-refractivity contribution >= 4 is 56.5 Å². The summed E-state index contributed by atoms with van der Waals surface area (Å²) in [5, 5.41) is 3.42. The van der Waals surface area contributed by atoms with Gasteiger partial charge in [0, 0.05) is 18.0 Å². The monoisotopic (exact) mass is 402 g/mol. The van der Waals surface area contributed by atoms with Crippen LogP contribution in [0.15, 0.2) is 0 Å². The molecule has 140 valence electrons. The average Bonchev–Trinajstić information content (AvgIpc) is 2.89. The van der Waals surface area contributed by atoms with Crippen molar-refractivity contribution < 1.29 is 14.3 Å². The van der Waals surface area contributed by atoms with Gasteiger partial charge in [-0.3, -0.25) is 4.79 Å². The summed E-state index contributed by atoms with van der Waals surface area (Å²) in [5.41, 5.74) is 1.42. The van der Waals surface area contributed by atoms with Gasteiger partial charge in [-0.05, 0) is 39.7 Å². The number of amides is 1. The van der Waals surface area contributed by atoms with E-state index in [-0.39, 0.29) is 17.6 Å².